The number of nitrogens with one attached hydrogen (secondary N) is 1. The molecule has 7 heteroatoms. The Hall–Kier alpha value is -2.28. The van der Waals surface area contributed by atoms with Gasteiger partial charge in [-0.1, -0.05) is 0 Å². The Kier molecular flexibility index (Phi) is 4.25. The Bertz CT molecular complexity index is 793. The van der Waals surface area contributed by atoms with Crippen LogP contribution in [-0.2, 0) is 19.9 Å². The quantitative estimate of drug-likeness (QED) is 0.880. The van der Waals surface area contributed by atoms with Gasteiger partial charge in [-0.2, -0.15) is 0 Å². The molecule has 0 aromatic carbocycles. The van der Waals surface area contributed by atoms with Gasteiger partial charge in [0.2, 0.25) is 0 Å². The van der Waals surface area contributed by atoms with Crippen LogP contribution in [0, 0.1) is 0 Å². The molecule has 2 aromatic rings. The van der Waals surface area contributed by atoms with Gasteiger partial charge in [-0.25, -0.2) is 15.0 Å². The molecule has 1 saturated carbocycles. The predicted octanol–water partition coefficient (Wildman–Crippen LogP) is 1.40. The zero-order chi connectivity index (χ0) is 17.4. The second kappa shape index (κ2) is 6.55. The third-order valence-corrected chi connectivity index (χ3v) is 5.23. The summed E-state index contributed by atoms with van der Waals surface area (Å²) in [5.41, 5.74) is 3.28. The number of hydrogen-bond acceptors (Lipinski definition) is 5. The largest absolute Gasteiger partial charge is 0.393 e. The van der Waals surface area contributed by atoms with Crippen LogP contribution >= 0.6 is 0 Å². The monoisotopic (exact) mass is 341 g/mol. The number of fused-ring (bicyclic) bond motifs is 1. The number of aromatic nitrogens is 4. The lowest BCUT2D eigenvalue weighted by atomic mass is 9.93. The lowest BCUT2D eigenvalue weighted by molar-refractivity contribution is 0.0862. The Morgan fingerprint density at radius 3 is 2.76 bits per heavy atom. The van der Waals surface area contributed by atoms with E-state index in [1.54, 1.807) is 12.5 Å². The lowest BCUT2D eigenvalue weighted by Crippen LogP contribution is -2.39. The fourth-order valence-electron chi connectivity index (χ4n) is 3.78. The molecule has 0 bridgehead atoms. The summed E-state index contributed by atoms with van der Waals surface area (Å²) in [5.74, 6) is 0.440. The molecule has 1 amide bonds. The highest BCUT2D eigenvalue weighted by Gasteiger charge is 2.27. The van der Waals surface area contributed by atoms with E-state index in [0.29, 0.717) is 11.5 Å². The molecule has 132 valence electrons. The first-order valence-electron chi connectivity index (χ1n) is 8.97. The Morgan fingerprint density at radius 2 is 2.04 bits per heavy atom. The number of nitrogens with zero attached hydrogens (tertiary/aromatic N) is 4. The number of carbonyl (C=O) groups excluding carboxylic acids is 1. The number of carbonyl (C=O) groups is 1. The normalized spacial score (nSPS) is 22.6. The van der Waals surface area contributed by atoms with Crippen LogP contribution in [0.2, 0.25) is 0 Å². The number of amides is 1. The maximum Gasteiger partial charge on any atom is 0.270 e. The highest BCUT2D eigenvalue weighted by atomic mass is 16.3. The molecule has 2 N–H and O–H groups in total. The Balaban J connectivity index is 1.63. The summed E-state index contributed by atoms with van der Waals surface area (Å²) in [6.45, 7) is 0. The highest BCUT2D eigenvalue weighted by Crippen LogP contribution is 2.26. The maximum atomic E-state index is 12.9. The number of aliphatic hydroxyl groups is 1. The molecule has 2 aromatic heterocycles. The number of aryl methyl sites for hydroxylation is 2. The summed E-state index contributed by atoms with van der Waals surface area (Å²) in [5, 5.41) is 12.7. The van der Waals surface area contributed by atoms with E-state index in [1.807, 2.05) is 11.6 Å². The third-order valence-electron chi connectivity index (χ3n) is 5.23. The average Bonchev–Trinajstić information content (AvgIpc) is 3.24. The minimum Gasteiger partial charge on any atom is -0.393 e. The van der Waals surface area contributed by atoms with E-state index in [1.165, 1.54) is 0 Å². The summed E-state index contributed by atoms with van der Waals surface area (Å²) in [6, 6.07) is 0.114. The average molecular weight is 341 g/mol. The van der Waals surface area contributed by atoms with Crippen LogP contribution in [0.4, 0.5) is 0 Å². The van der Waals surface area contributed by atoms with Gasteiger partial charge in [0.05, 0.1) is 18.6 Å². The van der Waals surface area contributed by atoms with Gasteiger partial charge in [0.25, 0.3) is 5.91 Å². The summed E-state index contributed by atoms with van der Waals surface area (Å²) < 4.78 is 1.86. The number of imidazole rings is 1. The third kappa shape index (κ3) is 3.16. The summed E-state index contributed by atoms with van der Waals surface area (Å²) in [7, 11) is 1.89. The van der Waals surface area contributed by atoms with Crippen molar-refractivity contribution in [2.24, 2.45) is 7.05 Å². The van der Waals surface area contributed by atoms with Gasteiger partial charge in [0.15, 0.2) is 5.82 Å². The zero-order valence-corrected chi connectivity index (χ0v) is 14.4. The van der Waals surface area contributed by atoms with Crippen LogP contribution < -0.4 is 5.32 Å². The molecule has 0 aliphatic heterocycles. The highest BCUT2D eigenvalue weighted by molar-refractivity contribution is 5.94. The number of hydrogen-bond donors (Lipinski definition) is 2. The van der Waals surface area contributed by atoms with E-state index in [4.69, 9.17) is 0 Å². The molecule has 4 rings (SSSR count). The van der Waals surface area contributed by atoms with Crippen LogP contribution in [0.5, 0.6) is 0 Å². The van der Waals surface area contributed by atoms with Crippen LogP contribution in [0.25, 0.3) is 11.5 Å². The molecule has 25 heavy (non-hydrogen) atoms. The van der Waals surface area contributed by atoms with Crippen molar-refractivity contribution in [2.75, 3.05) is 0 Å². The molecule has 0 unspecified atom stereocenters. The summed E-state index contributed by atoms with van der Waals surface area (Å²) in [6.07, 6.45) is 9.07. The first-order valence-corrected chi connectivity index (χ1v) is 8.97. The van der Waals surface area contributed by atoms with E-state index in [-0.39, 0.29) is 18.1 Å². The number of aliphatic hydroxyl groups excluding tert-OH is 1. The van der Waals surface area contributed by atoms with Gasteiger partial charge >= 0.3 is 0 Å². The summed E-state index contributed by atoms with van der Waals surface area (Å²) in [4.78, 5) is 26.3. The molecule has 2 aliphatic carbocycles. The molecule has 2 aliphatic rings. The Morgan fingerprint density at radius 1 is 1.24 bits per heavy atom. The molecular formula is C18H23N5O2. The van der Waals surface area contributed by atoms with E-state index in [0.717, 1.165) is 61.9 Å². The first kappa shape index (κ1) is 16.2. The van der Waals surface area contributed by atoms with Gasteiger partial charge in [-0.15, -0.1) is 0 Å². The van der Waals surface area contributed by atoms with Gasteiger partial charge in [-0.3, -0.25) is 4.79 Å². The van der Waals surface area contributed by atoms with Crippen LogP contribution in [0.15, 0.2) is 12.5 Å². The van der Waals surface area contributed by atoms with Crippen molar-refractivity contribution in [3.8, 4) is 11.5 Å². The SMILES string of the molecule is Cn1cncc1-c1nc2c(c(C(=O)N[C@H]3CC[C@H](O)CC3)n1)CCC2. The smallest absolute Gasteiger partial charge is 0.270 e. The van der Waals surface area contributed by atoms with Crippen molar-refractivity contribution >= 4 is 5.91 Å². The molecule has 0 spiro atoms. The van der Waals surface area contributed by atoms with E-state index in [9.17, 15) is 9.90 Å². The van der Waals surface area contributed by atoms with Crippen molar-refractivity contribution < 1.29 is 9.90 Å². The van der Waals surface area contributed by atoms with Crippen molar-refractivity contribution in [1.29, 1.82) is 0 Å². The molecule has 7 nitrogen and oxygen atoms in total. The predicted molar refractivity (Wildman–Crippen MR) is 92.0 cm³/mol. The fourth-order valence-corrected chi connectivity index (χ4v) is 3.78. The van der Waals surface area contributed by atoms with Crippen molar-refractivity contribution in [2.45, 2.75) is 57.1 Å². The van der Waals surface area contributed by atoms with Gasteiger partial charge in [-0.05, 0) is 44.9 Å². The first-order chi connectivity index (χ1) is 12.1. The van der Waals surface area contributed by atoms with Crippen molar-refractivity contribution in [3.05, 3.63) is 29.5 Å². The minimum absolute atomic E-state index is 0.114. The summed E-state index contributed by atoms with van der Waals surface area (Å²) >= 11 is 0. The number of rotatable bonds is 3. The van der Waals surface area contributed by atoms with E-state index in [2.05, 4.69) is 20.3 Å². The lowest BCUT2D eigenvalue weighted by Gasteiger charge is -2.26. The van der Waals surface area contributed by atoms with Crippen molar-refractivity contribution in [3.63, 3.8) is 0 Å². The standard InChI is InChI=1S/C18H23N5O2/c1-23-10-19-9-15(23)17-21-14-4-2-3-13(14)16(22-17)18(25)20-11-5-7-12(24)8-6-11/h9-12,24H,2-8H2,1H3,(H,20,25)/t11-,12-. The fraction of sp³-hybridized carbons (Fsp3) is 0.556. The molecule has 0 radical (unpaired) electrons. The van der Waals surface area contributed by atoms with Crippen LogP contribution in [0.3, 0.4) is 0 Å². The zero-order valence-electron chi connectivity index (χ0n) is 14.4. The van der Waals surface area contributed by atoms with Crippen LogP contribution in [0.1, 0.15) is 53.8 Å². The molecule has 2 heterocycles. The second-order valence-corrected chi connectivity index (χ2v) is 7.04. The van der Waals surface area contributed by atoms with E-state index < -0.39 is 0 Å². The van der Waals surface area contributed by atoms with Crippen molar-refractivity contribution in [1.82, 2.24) is 24.8 Å². The second-order valence-electron chi connectivity index (χ2n) is 7.04. The minimum atomic E-state index is -0.229. The molecular weight excluding hydrogens is 318 g/mol. The van der Waals surface area contributed by atoms with Gasteiger partial charge in [0.1, 0.15) is 11.4 Å². The maximum absolute atomic E-state index is 12.9. The molecule has 1 fully saturated rings. The van der Waals surface area contributed by atoms with Crippen LogP contribution in [-0.4, -0.2) is 42.7 Å². The van der Waals surface area contributed by atoms with Gasteiger partial charge in [0, 0.05) is 24.3 Å². The Labute approximate surface area is 146 Å². The molecule has 0 atom stereocenters. The molecule has 0 saturated heterocycles. The topological polar surface area (TPSA) is 92.9 Å². The van der Waals surface area contributed by atoms with E-state index >= 15 is 0 Å². The van der Waals surface area contributed by atoms with Gasteiger partial charge < -0.3 is 15.0 Å².